The number of likely N-dealkylation sites (N-methyl/N-ethyl adjacent to an activating group) is 2. The van der Waals surface area contributed by atoms with Gasteiger partial charge in [0.1, 0.15) is 96.4 Å². The Hall–Kier alpha value is -2.49. The topological polar surface area (TPSA) is 299 Å². The highest BCUT2D eigenvalue weighted by atomic mass is 16.5. The molecule has 75 heavy (non-hydrogen) atoms. The molecule has 0 fully saturated rings. The summed E-state index contributed by atoms with van der Waals surface area (Å²) >= 11 is 0. The maximum Gasteiger partial charge on any atom is 0.359 e. The SMILES string of the molecule is CC(=O)C[N+](C)(C)CC(O)COC(C)C.CC(=O)C[NH+](C)CC(O)COC(C)C.CC(=O)C[NH+](CCO)CC(O)COC(C)C.CC(=O)C[NH2+]CC(O)COC(C)C.CCC[N+](CCO)(CCOC(C)C)CC(=O)O. The van der Waals surface area contributed by atoms with Crippen molar-refractivity contribution in [3.63, 3.8) is 0 Å². The number of carboxylic acids is 1. The van der Waals surface area contributed by atoms with Crippen molar-refractivity contribution in [2.24, 2.45) is 0 Å². The van der Waals surface area contributed by atoms with Gasteiger partial charge in [-0.1, -0.05) is 6.92 Å². The number of aliphatic hydroxyl groups is 6. The van der Waals surface area contributed by atoms with E-state index in [0.717, 1.165) is 22.8 Å². The minimum Gasteiger partial charge on any atom is -0.477 e. The van der Waals surface area contributed by atoms with Gasteiger partial charge in [0.25, 0.3) is 0 Å². The number of hydrogen-bond acceptors (Lipinski definition) is 16. The highest BCUT2D eigenvalue weighted by Crippen LogP contribution is 2.09. The van der Waals surface area contributed by atoms with E-state index < -0.39 is 30.4 Å². The van der Waals surface area contributed by atoms with Crippen molar-refractivity contribution in [2.45, 2.75) is 165 Å². The van der Waals surface area contributed by atoms with Gasteiger partial charge in [0.15, 0.2) is 29.7 Å². The van der Waals surface area contributed by atoms with E-state index in [2.05, 4.69) is 0 Å². The van der Waals surface area contributed by atoms with Crippen molar-refractivity contribution in [1.29, 1.82) is 0 Å². The van der Waals surface area contributed by atoms with Crippen molar-refractivity contribution < 1.29 is 107 Å². The highest BCUT2D eigenvalue weighted by Gasteiger charge is 2.29. The van der Waals surface area contributed by atoms with Gasteiger partial charge in [-0.05, 0) is 75.7 Å². The van der Waals surface area contributed by atoms with Crippen LogP contribution in [0.5, 0.6) is 0 Å². The van der Waals surface area contributed by atoms with E-state index in [0.29, 0.717) is 107 Å². The number of carbonyl (C=O) groups is 5. The number of aliphatic hydroxyl groups excluding tert-OH is 6. The molecule has 7 unspecified atom stereocenters. The number of quaternary nitrogens is 5. The van der Waals surface area contributed by atoms with Crippen LogP contribution in [0, 0.1) is 0 Å². The van der Waals surface area contributed by atoms with E-state index in [9.17, 15) is 44.4 Å². The largest absolute Gasteiger partial charge is 0.477 e. The predicted molar refractivity (Wildman–Crippen MR) is 290 cm³/mol. The molecule has 0 rings (SSSR count). The quantitative estimate of drug-likeness (QED) is 0.0277. The zero-order chi connectivity index (χ0) is 59.3. The molecule has 0 aromatic heterocycles. The second-order valence-electron chi connectivity index (χ2n) is 21.6. The van der Waals surface area contributed by atoms with Gasteiger partial charge in [0.2, 0.25) is 0 Å². The van der Waals surface area contributed by atoms with Crippen LogP contribution in [0.2, 0.25) is 0 Å². The fourth-order valence-electron chi connectivity index (χ4n) is 7.20. The third kappa shape index (κ3) is 65.7. The Morgan fingerprint density at radius 3 is 1.36 bits per heavy atom. The van der Waals surface area contributed by atoms with E-state index in [1.165, 1.54) is 13.8 Å². The molecule has 0 heterocycles. The van der Waals surface area contributed by atoms with Gasteiger partial charge in [-0.15, -0.1) is 0 Å². The van der Waals surface area contributed by atoms with Crippen LogP contribution in [0.1, 0.15) is 110 Å². The van der Waals surface area contributed by atoms with E-state index in [1.807, 2.05) is 97.3 Å². The first-order valence-electron chi connectivity index (χ1n) is 26.9. The molecule has 22 heteroatoms. The Kier molecular flexibility index (Phi) is 54.0. The van der Waals surface area contributed by atoms with Crippen molar-refractivity contribution in [3.8, 4) is 0 Å². The second-order valence-corrected chi connectivity index (χ2v) is 21.6. The van der Waals surface area contributed by atoms with E-state index in [4.69, 9.17) is 39.0 Å². The maximum absolute atomic E-state index is 11.0. The fourth-order valence-corrected chi connectivity index (χ4v) is 7.20. The number of carboxylic acid groups (broad SMARTS) is 1. The van der Waals surface area contributed by atoms with Crippen LogP contribution in [0.25, 0.3) is 0 Å². The average Bonchev–Trinajstić information content (AvgIpc) is 3.23. The number of nitrogens with one attached hydrogen (secondary N) is 2. The first kappa shape index (κ1) is 81.4. The predicted octanol–water partition coefficient (Wildman–Crippen LogP) is -2.81. The fraction of sp³-hybridized carbons (Fsp3) is 0.906. The van der Waals surface area contributed by atoms with Gasteiger partial charge in [-0.3, -0.25) is 19.2 Å². The molecular formula is C53H116N5O17+5. The number of carbonyl (C=O) groups excluding carboxylic acids is 4. The average molecular weight is 1100 g/mol. The Bertz CT molecular complexity index is 1400. The lowest BCUT2D eigenvalue weighted by Crippen LogP contribution is -3.14. The van der Waals surface area contributed by atoms with Gasteiger partial charge >= 0.3 is 5.97 Å². The first-order chi connectivity index (χ1) is 34.6. The van der Waals surface area contributed by atoms with Crippen LogP contribution in [0.3, 0.4) is 0 Å². The summed E-state index contributed by atoms with van der Waals surface area (Å²) in [6.07, 6.45) is -0.539. The third-order valence-electron chi connectivity index (χ3n) is 10.1. The second kappa shape index (κ2) is 49.8. The highest BCUT2D eigenvalue weighted by molar-refractivity contribution is 5.77. The Balaban J connectivity index is -0.000000273. The molecular weight excluding hydrogens is 979 g/mol. The van der Waals surface area contributed by atoms with E-state index in [-0.39, 0.29) is 80.0 Å². The summed E-state index contributed by atoms with van der Waals surface area (Å²) in [5, 5.41) is 66.9. The van der Waals surface area contributed by atoms with Crippen LogP contribution in [-0.2, 0) is 47.7 Å². The minimum absolute atomic E-state index is 0.00889. The monoisotopic (exact) mass is 1090 g/mol. The number of Topliss-reactive ketones (excluding diaryl/α,β-unsaturated/α-hetero) is 4. The van der Waals surface area contributed by atoms with Crippen LogP contribution < -0.4 is 15.1 Å². The Morgan fingerprint density at radius 1 is 0.547 bits per heavy atom. The number of rotatable bonds is 40. The normalized spacial score (nSPS) is 14.7. The van der Waals surface area contributed by atoms with Gasteiger partial charge in [-0.2, -0.15) is 0 Å². The molecule has 11 N–H and O–H groups in total. The molecule has 0 spiro atoms. The smallest absolute Gasteiger partial charge is 0.359 e. The van der Waals surface area contributed by atoms with Gasteiger partial charge in [0, 0.05) is 27.7 Å². The van der Waals surface area contributed by atoms with Gasteiger partial charge in [-0.25, -0.2) is 4.79 Å². The van der Waals surface area contributed by atoms with Crippen LogP contribution >= 0.6 is 0 Å². The summed E-state index contributed by atoms with van der Waals surface area (Å²) in [5.74, 6) is -0.370. The molecule has 450 valence electrons. The molecule has 0 amide bonds. The van der Waals surface area contributed by atoms with Crippen LogP contribution in [0.15, 0.2) is 0 Å². The maximum atomic E-state index is 11.0. The third-order valence-corrected chi connectivity index (χ3v) is 10.1. The Labute approximate surface area is 453 Å². The molecule has 0 aliphatic carbocycles. The van der Waals surface area contributed by atoms with Crippen molar-refractivity contribution in [1.82, 2.24) is 0 Å². The van der Waals surface area contributed by atoms with Crippen LogP contribution in [-0.4, -0.2) is 281 Å². The minimum atomic E-state index is -0.823. The summed E-state index contributed by atoms with van der Waals surface area (Å²) in [6, 6.07) is 0. The molecule has 0 saturated carbocycles. The van der Waals surface area contributed by atoms with Crippen LogP contribution in [0.4, 0.5) is 0 Å². The summed E-state index contributed by atoms with van der Waals surface area (Å²) in [4.78, 5) is 56.1. The van der Waals surface area contributed by atoms with Crippen molar-refractivity contribution >= 4 is 29.1 Å². The van der Waals surface area contributed by atoms with Crippen molar-refractivity contribution in [3.05, 3.63) is 0 Å². The summed E-state index contributed by atoms with van der Waals surface area (Å²) in [7, 11) is 5.75. The van der Waals surface area contributed by atoms with Gasteiger partial charge < -0.3 is 83.5 Å². The Morgan fingerprint density at radius 2 is 0.987 bits per heavy atom. The van der Waals surface area contributed by atoms with Gasteiger partial charge in [0.05, 0.1) is 104 Å². The summed E-state index contributed by atoms with van der Waals surface area (Å²) in [6.45, 7) is 35.4. The number of nitrogens with two attached hydrogens (primary N) is 1. The first-order valence-corrected chi connectivity index (χ1v) is 26.9. The molecule has 0 saturated heterocycles. The standard InChI is InChI=1S/C12H25NO4.C11H23NO4.C11H24NO3.C10H21NO3.C9H19NO3/c1-4-5-13(6-8-14,10-12(15)16)7-9-17-11(2)3;1-9(2)16-8-11(15)7-12(4-5-13)6-10(3)14;1-9(2)15-8-11(14)7-12(4,5)6-10(3)13;1-8(2)14-7-10(13)6-11(4)5-9(3)12;1-7(2)13-6-9(12)5-10-4-8(3)11/h11,14H,4-10H2,1-3H3;9,11,13,15H,4-8H2,1-3H3;9,11,14H,6-8H2,1-5H3;8,10,13H,5-7H2,1-4H3;7,9-10,12H,4-6H2,1-3H3/q;;+1;;/p+4. The zero-order valence-corrected chi connectivity index (χ0v) is 50.2. The molecule has 0 bridgehead atoms. The molecule has 22 nitrogen and oxygen atoms in total. The number of aliphatic carboxylic acids is 1. The molecule has 0 aliphatic heterocycles. The lowest BCUT2D eigenvalue weighted by molar-refractivity contribution is -0.922. The summed E-state index contributed by atoms with van der Waals surface area (Å²) < 4.78 is 27.4. The van der Waals surface area contributed by atoms with Crippen molar-refractivity contribution in [2.75, 3.05) is 152 Å². The van der Waals surface area contributed by atoms with E-state index >= 15 is 0 Å². The lowest BCUT2D eigenvalue weighted by Gasteiger charge is -2.36. The molecule has 0 aromatic carbocycles. The lowest BCUT2D eigenvalue weighted by atomic mass is 10.2. The molecule has 0 radical (unpaired) electrons. The summed E-state index contributed by atoms with van der Waals surface area (Å²) in [5.41, 5.74) is 0. The number of ketones is 4. The molecule has 0 aromatic rings. The zero-order valence-electron chi connectivity index (χ0n) is 50.2. The number of hydrogen-bond donors (Lipinski definition) is 10. The molecule has 0 aliphatic rings. The van der Waals surface area contributed by atoms with E-state index in [1.54, 1.807) is 19.2 Å². The number of ether oxygens (including phenoxy) is 5. The molecule has 7 atom stereocenters. The number of nitrogens with zero attached hydrogens (tertiary/aromatic N) is 2.